The van der Waals surface area contributed by atoms with Gasteiger partial charge < -0.3 is 15.2 Å². The molecule has 0 aliphatic rings. The Morgan fingerprint density at radius 1 is 1.00 bits per heavy atom. The van der Waals surface area contributed by atoms with Gasteiger partial charge in [0, 0.05) is 27.7 Å². The number of aromatic hydroxyl groups is 1. The molecule has 4 aromatic rings. The van der Waals surface area contributed by atoms with Gasteiger partial charge in [0.15, 0.2) is 0 Å². The lowest BCUT2D eigenvalue weighted by Crippen LogP contribution is -2.29. The highest BCUT2D eigenvalue weighted by atomic mass is 35.5. The summed E-state index contributed by atoms with van der Waals surface area (Å²) in [5, 5.41) is 15.5. The van der Waals surface area contributed by atoms with Crippen molar-refractivity contribution in [1.82, 2.24) is 10.3 Å². The van der Waals surface area contributed by atoms with Crippen LogP contribution in [0.5, 0.6) is 11.5 Å². The van der Waals surface area contributed by atoms with Crippen LogP contribution in [0.2, 0.25) is 10.0 Å². The van der Waals surface area contributed by atoms with E-state index in [1.165, 1.54) is 7.11 Å². The highest BCUT2D eigenvalue weighted by Crippen LogP contribution is 2.40. The maximum absolute atomic E-state index is 13.1. The Balaban J connectivity index is 1.85. The summed E-state index contributed by atoms with van der Waals surface area (Å²) in [6.07, 6.45) is 1.57. The van der Waals surface area contributed by atoms with E-state index in [1.807, 2.05) is 6.07 Å². The van der Waals surface area contributed by atoms with Crippen LogP contribution in [0.4, 0.5) is 0 Å². The Bertz CT molecular complexity index is 1280. The number of hydrogen-bond donors (Lipinski definition) is 2. The monoisotopic (exact) mass is 452 g/mol. The number of phenolic OH excluding ortho intramolecular Hbond substituents is 1. The highest BCUT2D eigenvalue weighted by Gasteiger charge is 2.25. The van der Waals surface area contributed by atoms with Crippen molar-refractivity contribution in [2.75, 3.05) is 7.11 Å². The number of aromatic nitrogens is 1. The van der Waals surface area contributed by atoms with E-state index in [4.69, 9.17) is 27.9 Å². The van der Waals surface area contributed by atoms with Gasteiger partial charge in [-0.3, -0.25) is 9.78 Å². The quantitative estimate of drug-likeness (QED) is 0.402. The molecule has 0 fully saturated rings. The normalized spacial score (nSPS) is 11.8. The van der Waals surface area contributed by atoms with Crippen molar-refractivity contribution in [2.24, 2.45) is 0 Å². The molecule has 1 amide bonds. The number of hydrogen-bond acceptors (Lipinski definition) is 4. The van der Waals surface area contributed by atoms with Crippen molar-refractivity contribution in [3.63, 3.8) is 0 Å². The van der Waals surface area contributed by atoms with Crippen LogP contribution in [0, 0.1) is 0 Å². The number of nitrogens with one attached hydrogen (secondary N) is 1. The highest BCUT2D eigenvalue weighted by molar-refractivity contribution is 6.35. The largest absolute Gasteiger partial charge is 0.505 e. The van der Waals surface area contributed by atoms with Gasteiger partial charge in [-0.1, -0.05) is 47.5 Å². The zero-order chi connectivity index (χ0) is 22.0. The van der Waals surface area contributed by atoms with E-state index in [0.717, 1.165) is 0 Å². The van der Waals surface area contributed by atoms with E-state index in [0.29, 0.717) is 43.4 Å². The van der Waals surface area contributed by atoms with Crippen molar-refractivity contribution < 1.29 is 14.6 Å². The minimum absolute atomic E-state index is 0.0733. The van der Waals surface area contributed by atoms with Crippen LogP contribution < -0.4 is 10.1 Å². The number of amides is 1. The van der Waals surface area contributed by atoms with Crippen molar-refractivity contribution in [3.05, 3.63) is 99.7 Å². The van der Waals surface area contributed by atoms with E-state index in [9.17, 15) is 9.90 Å². The van der Waals surface area contributed by atoms with Crippen molar-refractivity contribution in [3.8, 4) is 11.5 Å². The molecule has 2 N–H and O–H groups in total. The van der Waals surface area contributed by atoms with Gasteiger partial charge in [-0.05, 0) is 48.0 Å². The number of methoxy groups -OCH3 is 1. The number of halogens is 2. The number of phenols is 1. The molecule has 0 aliphatic heterocycles. The lowest BCUT2D eigenvalue weighted by molar-refractivity contribution is 0.0942. The molecule has 1 aromatic heterocycles. The van der Waals surface area contributed by atoms with Crippen molar-refractivity contribution in [2.45, 2.75) is 6.04 Å². The first-order valence-corrected chi connectivity index (χ1v) is 10.2. The van der Waals surface area contributed by atoms with E-state index in [-0.39, 0.29) is 11.7 Å². The Hall–Kier alpha value is -3.28. The SMILES string of the molecule is COc1cccc(C(=O)N[C@H](c2ccccc2Cl)c2cc(Cl)c3cccnc3c2O)c1. The molecule has 0 saturated carbocycles. The van der Waals surface area contributed by atoms with Crippen LogP contribution in [-0.4, -0.2) is 23.1 Å². The van der Waals surface area contributed by atoms with Crippen LogP contribution in [0.1, 0.15) is 27.5 Å². The van der Waals surface area contributed by atoms with E-state index >= 15 is 0 Å². The Morgan fingerprint density at radius 2 is 1.81 bits per heavy atom. The van der Waals surface area contributed by atoms with Gasteiger partial charge in [-0.2, -0.15) is 0 Å². The van der Waals surface area contributed by atoms with Crippen LogP contribution >= 0.6 is 23.2 Å². The Kier molecular flexibility index (Phi) is 5.98. The second kappa shape index (κ2) is 8.84. The summed E-state index contributed by atoms with van der Waals surface area (Å²) >= 11 is 12.9. The minimum Gasteiger partial charge on any atom is -0.505 e. The van der Waals surface area contributed by atoms with Gasteiger partial charge in [0.25, 0.3) is 5.91 Å². The third kappa shape index (κ3) is 4.15. The molecule has 0 aliphatic carbocycles. The molecule has 4 rings (SSSR count). The average molecular weight is 453 g/mol. The summed E-state index contributed by atoms with van der Waals surface area (Å²) in [5.74, 6) is 0.124. The minimum atomic E-state index is -0.767. The molecule has 0 radical (unpaired) electrons. The first-order chi connectivity index (χ1) is 15.0. The third-order valence-corrected chi connectivity index (χ3v) is 5.64. The second-order valence-electron chi connectivity index (χ2n) is 6.86. The summed E-state index contributed by atoms with van der Waals surface area (Å²) in [5.41, 5.74) is 1.75. The summed E-state index contributed by atoms with van der Waals surface area (Å²) < 4.78 is 5.21. The number of pyridine rings is 1. The van der Waals surface area contributed by atoms with Gasteiger partial charge in [0.2, 0.25) is 0 Å². The molecule has 3 aromatic carbocycles. The second-order valence-corrected chi connectivity index (χ2v) is 7.67. The van der Waals surface area contributed by atoms with Crippen molar-refractivity contribution >= 4 is 40.0 Å². The topological polar surface area (TPSA) is 71.5 Å². The first kappa shape index (κ1) is 21.0. The van der Waals surface area contributed by atoms with Gasteiger partial charge >= 0.3 is 0 Å². The smallest absolute Gasteiger partial charge is 0.252 e. The zero-order valence-electron chi connectivity index (χ0n) is 16.5. The predicted molar refractivity (Wildman–Crippen MR) is 122 cm³/mol. The lowest BCUT2D eigenvalue weighted by atomic mass is 9.95. The molecule has 1 heterocycles. The fourth-order valence-corrected chi connectivity index (χ4v) is 3.95. The number of benzene rings is 3. The number of fused-ring (bicyclic) bond motifs is 1. The van der Waals surface area contributed by atoms with Crippen LogP contribution in [0.15, 0.2) is 72.9 Å². The summed E-state index contributed by atoms with van der Waals surface area (Å²) in [6.45, 7) is 0. The first-order valence-electron chi connectivity index (χ1n) is 9.45. The van der Waals surface area contributed by atoms with Crippen LogP contribution in [0.25, 0.3) is 10.9 Å². The number of ether oxygens (including phenoxy) is 1. The zero-order valence-corrected chi connectivity index (χ0v) is 18.0. The van der Waals surface area contributed by atoms with Gasteiger partial charge in [0.05, 0.1) is 18.2 Å². The molecular weight excluding hydrogens is 435 g/mol. The molecule has 31 heavy (non-hydrogen) atoms. The molecule has 1 atom stereocenters. The molecule has 0 unspecified atom stereocenters. The maximum Gasteiger partial charge on any atom is 0.252 e. The molecule has 0 bridgehead atoms. The Morgan fingerprint density at radius 3 is 2.58 bits per heavy atom. The lowest BCUT2D eigenvalue weighted by Gasteiger charge is -2.23. The number of carbonyl (C=O) groups excluding carboxylic acids is 1. The molecule has 7 heteroatoms. The third-order valence-electron chi connectivity index (χ3n) is 4.98. The summed E-state index contributed by atoms with van der Waals surface area (Å²) in [7, 11) is 1.53. The van der Waals surface area contributed by atoms with Crippen LogP contribution in [-0.2, 0) is 0 Å². The number of carbonyl (C=O) groups is 1. The fourth-order valence-electron chi connectivity index (χ4n) is 3.44. The van der Waals surface area contributed by atoms with E-state index in [1.54, 1.807) is 66.9 Å². The van der Waals surface area contributed by atoms with E-state index in [2.05, 4.69) is 10.3 Å². The maximum atomic E-state index is 13.1. The molecular formula is C24H18Cl2N2O3. The average Bonchev–Trinajstić information content (AvgIpc) is 2.80. The summed E-state index contributed by atoms with van der Waals surface area (Å²) in [4.78, 5) is 17.4. The molecule has 0 saturated heterocycles. The van der Waals surface area contributed by atoms with E-state index < -0.39 is 6.04 Å². The van der Waals surface area contributed by atoms with Crippen LogP contribution in [0.3, 0.4) is 0 Å². The molecule has 156 valence electrons. The predicted octanol–water partition coefficient (Wildman–Crippen LogP) is 5.78. The fraction of sp³-hybridized carbons (Fsp3) is 0.0833. The number of nitrogens with zero attached hydrogens (tertiary/aromatic N) is 1. The van der Waals surface area contributed by atoms with Gasteiger partial charge in [0.1, 0.15) is 17.0 Å². The molecule has 5 nitrogen and oxygen atoms in total. The van der Waals surface area contributed by atoms with Gasteiger partial charge in [-0.25, -0.2) is 0 Å². The number of rotatable bonds is 5. The standard InChI is InChI=1S/C24H18Cl2N2O3/c1-31-15-7-4-6-14(12-15)24(30)28-21(16-8-2-3-10-19(16)25)18-13-20(26)17-9-5-11-27-22(17)23(18)29/h2-13,21,29H,1H3,(H,28,30)/t21-/m1/s1. The van der Waals surface area contributed by atoms with Gasteiger partial charge in [-0.15, -0.1) is 0 Å². The Labute approximate surface area is 189 Å². The summed E-state index contributed by atoms with van der Waals surface area (Å²) in [6, 6.07) is 18.3. The molecule has 0 spiro atoms. The van der Waals surface area contributed by atoms with Crippen molar-refractivity contribution in [1.29, 1.82) is 0 Å².